The Balaban J connectivity index is 0.00000320. The van der Waals surface area contributed by atoms with Crippen molar-refractivity contribution < 1.29 is 13.9 Å². The zero-order chi connectivity index (χ0) is 20.2. The van der Waals surface area contributed by atoms with Gasteiger partial charge in [-0.3, -0.25) is 4.90 Å². The van der Waals surface area contributed by atoms with Gasteiger partial charge in [0.25, 0.3) is 0 Å². The first kappa shape index (κ1) is 24.5. The number of halogens is 1. The largest absolute Gasteiger partial charge is 0.494 e. The molecule has 1 saturated heterocycles. The van der Waals surface area contributed by atoms with Gasteiger partial charge in [0, 0.05) is 44.7 Å². The number of morpholine rings is 1. The number of aliphatic imine (C=N–C) groups is 1. The van der Waals surface area contributed by atoms with E-state index in [-0.39, 0.29) is 24.0 Å². The van der Waals surface area contributed by atoms with Crippen molar-refractivity contribution in [3.63, 3.8) is 0 Å². The summed E-state index contributed by atoms with van der Waals surface area (Å²) in [7, 11) is 0. The highest BCUT2D eigenvalue weighted by atomic mass is 127. The lowest BCUT2D eigenvalue weighted by Gasteiger charge is -2.26. The van der Waals surface area contributed by atoms with Crippen molar-refractivity contribution in [1.29, 1.82) is 0 Å². The maximum Gasteiger partial charge on any atom is 0.191 e. The Hall–Kier alpha value is -1.78. The highest BCUT2D eigenvalue weighted by molar-refractivity contribution is 14.0. The van der Waals surface area contributed by atoms with Crippen molar-refractivity contribution in [2.24, 2.45) is 4.99 Å². The van der Waals surface area contributed by atoms with Crippen LogP contribution in [0, 0.1) is 0 Å². The maximum absolute atomic E-state index is 5.72. The van der Waals surface area contributed by atoms with Crippen LogP contribution in [0.4, 0.5) is 0 Å². The van der Waals surface area contributed by atoms with E-state index in [2.05, 4.69) is 21.6 Å². The van der Waals surface area contributed by atoms with Crippen molar-refractivity contribution in [2.75, 3.05) is 52.5 Å². The molecule has 1 aliphatic heterocycles. The van der Waals surface area contributed by atoms with Crippen LogP contribution in [0.3, 0.4) is 0 Å². The molecule has 1 aromatic heterocycles. The fourth-order valence-corrected chi connectivity index (χ4v) is 3.19. The lowest BCUT2D eigenvalue weighted by molar-refractivity contribution is 0.0389. The maximum atomic E-state index is 5.72. The first-order valence-electron chi connectivity index (χ1n) is 10.4. The average molecular weight is 528 g/mol. The second-order valence-corrected chi connectivity index (χ2v) is 6.84. The van der Waals surface area contributed by atoms with Crippen LogP contribution in [-0.2, 0) is 17.7 Å². The molecule has 30 heavy (non-hydrogen) atoms. The minimum atomic E-state index is 0. The third kappa shape index (κ3) is 8.53. The highest BCUT2D eigenvalue weighted by Gasteiger charge is 2.10. The summed E-state index contributed by atoms with van der Waals surface area (Å²) in [6, 6.07) is 12.0. The summed E-state index contributed by atoms with van der Waals surface area (Å²) in [5.41, 5.74) is 1.08. The summed E-state index contributed by atoms with van der Waals surface area (Å²) in [4.78, 5) is 7.18. The minimum absolute atomic E-state index is 0. The van der Waals surface area contributed by atoms with Crippen molar-refractivity contribution in [3.05, 3.63) is 54.0 Å². The van der Waals surface area contributed by atoms with Gasteiger partial charge in [-0.25, -0.2) is 4.99 Å². The SMILES string of the molecule is CCOc1ccccc1CN=C(NCCc1ccco1)NCCN1CCOCC1.I. The second-order valence-electron chi connectivity index (χ2n) is 6.84. The van der Waals surface area contributed by atoms with E-state index in [0.29, 0.717) is 13.2 Å². The Kier molecular flexibility index (Phi) is 11.6. The van der Waals surface area contributed by atoms with Gasteiger partial charge in [0.05, 0.1) is 32.6 Å². The van der Waals surface area contributed by atoms with Crippen LogP contribution in [0.15, 0.2) is 52.1 Å². The Morgan fingerprint density at radius 1 is 1.10 bits per heavy atom. The summed E-state index contributed by atoms with van der Waals surface area (Å²) in [5, 5.41) is 6.87. The molecule has 0 unspecified atom stereocenters. The Morgan fingerprint density at radius 2 is 1.90 bits per heavy atom. The zero-order valence-electron chi connectivity index (χ0n) is 17.6. The van der Waals surface area contributed by atoms with E-state index in [1.807, 2.05) is 37.3 Å². The molecule has 2 N–H and O–H groups in total. The van der Waals surface area contributed by atoms with Crippen molar-refractivity contribution in [3.8, 4) is 5.75 Å². The number of rotatable bonds is 10. The summed E-state index contributed by atoms with van der Waals surface area (Å²) >= 11 is 0. The van der Waals surface area contributed by atoms with Gasteiger partial charge in [-0.15, -0.1) is 24.0 Å². The van der Waals surface area contributed by atoms with Gasteiger partial charge in [-0.05, 0) is 25.1 Å². The van der Waals surface area contributed by atoms with Gasteiger partial charge in [0.1, 0.15) is 11.5 Å². The topological polar surface area (TPSA) is 71.3 Å². The van der Waals surface area contributed by atoms with Gasteiger partial charge < -0.3 is 24.5 Å². The molecule has 0 spiro atoms. The molecule has 7 nitrogen and oxygen atoms in total. The number of ether oxygens (including phenoxy) is 2. The summed E-state index contributed by atoms with van der Waals surface area (Å²) in [5.74, 6) is 2.66. The van der Waals surface area contributed by atoms with E-state index in [4.69, 9.17) is 18.9 Å². The quantitative estimate of drug-likeness (QED) is 0.281. The lowest BCUT2D eigenvalue weighted by atomic mass is 10.2. The summed E-state index contributed by atoms with van der Waals surface area (Å²) in [6.07, 6.45) is 2.52. The fourth-order valence-electron chi connectivity index (χ4n) is 3.19. The van der Waals surface area contributed by atoms with Crippen molar-refractivity contribution >= 4 is 29.9 Å². The molecule has 2 heterocycles. The number of para-hydroxylation sites is 1. The van der Waals surface area contributed by atoms with Gasteiger partial charge in [-0.1, -0.05) is 18.2 Å². The van der Waals surface area contributed by atoms with Gasteiger partial charge in [0.15, 0.2) is 5.96 Å². The smallest absolute Gasteiger partial charge is 0.191 e. The Labute approximate surface area is 196 Å². The first-order valence-corrected chi connectivity index (χ1v) is 10.4. The monoisotopic (exact) mass is 528 g/mol. The van der Waals surface area contributed by atoms with E-state index in [0.717, 1.165) is 75.4 Å². The Bertz CT molecular complexity index is 734. The zero-order valence-corrected chi connectivity index (χ0v) is 20.0. The van der Waals surface area contributed by atoms with Crippen molar-refractivity contribution in [2.45, 2.75) is 19.9 Å². The predicted molar refractivity (Wildman–Crippen MR) is 130 cm³/mol. The van der Waals surface area contributed by atoms with E-state index in [9.17, 15) is 0 Å². The second kappa shape index (κ2) is 14.3. The molecule has 3 rings (SSSR count). The number of benzene rings is 1. The van der Waals surface area contributed by atoms with Crippen LogP contribution in [-0.4, -0.2) is 63.4 Å². The van der Waals surface area contributed by atoms with Crippen LogP contribution in [0.25, 0.3) is 0 Å². The first-order chi connectivity index (χ1) is 14.3. The van der Waals surface area contributed by atoms with E-state index in [1.165, 1.54) is 0 Å². The number of hydrogen-bond acceptors (Lipinski definition) is 5. The van der Waals surface area contributed by atoms with E-state index >= 15 is 0 Å². The van der Waals surface area contributed by atoms with Crippen LogP contribution in [0.2, 0.25) is 0 Å². The molecule has 0 amide bonds. The molecular weight excluding hydrogens is 495 g/mol. The molecule has 166 valence electrons. The molecule has 0 saturated carbocycles. The molecule has 1 fully saturated rings. The molecule has 0 radical (unpaired) electrons. The Morgan fingerprint density at radius 3 is 2.67 bits per heavy atom. The number of guanidine groups is 1. The molecule has 2 aromatic rings. The molecule has 0 aliphatic carbocycles. The fraction of sp³-hybridized carbons (Fsp3) is 0.500. The van der Waals surface area contributed by atoms with Gasteiger partial charge in [-0.2, -0.15) is 0 Å². The highest BCUT2D eigenvalue weighted by Crippen LogP contribution is 2.18. The third-order valence-electron chi connectivity index (χ3n) is 4.75. The number of nitrogens with zero attached hydrogens (tertiary/aromatic N) is 2. The third-order valence-corrected chi connectivity index (χ3v) is 4.75. The number of nitrogens with one attached hydrogen (secondary N) is 2. The molecule has 0 bridgehead atoms. The molecule has 8 heteroatoms. The lowest BCUT2D eigenvalue weighted by Crippen LogP contribution is -2.44. The van der Waals surface area contributed by atoms with Crippen LogP contribution in [0.5, 0.6) is 5.75 Å². The summed E-state index contributed by atoms with van der Waals surface area (Å²) < 4.78 is 16.5. The number of furan rings is 1. The average Bonchev–Trinajstić information content (AvgIpc) is 3.27. The van der Waals surface area contributed by atoms with Gasteiger partial charge >= 0.3 is 0 Å². The summed E-state index contributed by atoms with van der Waals surface area (Å²) in [6.45, 7) is 9.36. The van der Waals surface area contributed by atoms with E-state index in [1.54, 1.807) is 6.26 Å². The predicted octanol–water partition coefficient (Wildman–Crippen LogP) is 2.91. The van der Waals surface area contributed by atoms with E-state index < -0.39 is 0 Å². The van der Waals surface area contributed by atoms with Crippen LogP contribution in [0.1, 0.15) is 18.2 Å². The molecule has 0 atom stereocenters. The molecule has 1 aromatic carbocycles. The standard InChI is InChI=1S/C22H32N4O3.HI/c1-2-28-21-8-4-3-6-19(21)18-25-22(23-10-9-20-7-5-15-29-20)24-11-12-26-13-16-27-17-14-26;/h3-8,15H,2,9-14,16-18H2,1H3,(H2,23,24,25);1H. The van der Waals surface area contributed by atoms with Crippen molar-refractivity contribution in [1.82, 2.24) is 15.5 Å². The van der Waals surface area contributed by atoms with Crippen LogP contribution >= 0.6 is 24.0 Å². The van der Waals surface area contributed by atoms with Gasteiger partial charge in [0.2, 0.25) is 0 Å². The minimum Gasteiger partial charge on any atom is -0.494 e. The molecule has 1 aliphatic rings. The van der Waals surface area contributed by atoms with Crippen LogP contribution < -0.4 is 15.4 Å². The number of hydrogen-bond donors (Lipinski definition) is 2. The normalized spacial score (nSPS) is 14.8. The molecular formula is C22H33IN4O3.